The van der Waals surface area contributed by atoms with Crippen molar-refractivity contribution < 1.29 is 9.90 Å². The molecular formula is C14H18INO2. The standard InChI is InChI=1S/C14H18INO2/c1-10-2-5-12(14(17)18)9-16(10)8-11-3-6-13(15)7-4-11/h3-4,6-7,10,12H,2,5,8-9H2,1H3,(H,17,18). The Hall–Kier alpha value is -0.620. The summed E-state index contributed by atoms with van der Waals surface area (Å²) in [6, 6.07) is 8.91. The van der Waals surface area contributed by atoms with E-state index in [9.17, 15) is 4.79 Å². The highest BCUT2D eigenvalue weighted by molar-refractivity contribution is 14.1. The zero-order chi connectivity index (χ0) is 13.1. The number of hydrogen-bond donors (Lipinski definition) is 1. The van der Waals surface area contributed by atoms with E-state index >= 15 is 0 Å². The molecule has 3 nitrogen and oxygen atoms in total. The summed E-state index contributed by atoms with van der Waals surface area (Å²) in [4.78, 5) is 13.4. The van der Waals surface area contributed by atoms with Gasteiger partial charge in [0.05, 0.1) is 5.92 Å². The second-order valence-electron chi connectivity index (χ2n) is 5.02. The minimum Gasteiger partial charge on any atom is -0.481 e. The molecule has 1 aromatic rings. The monoisotopic (exact) mass is 359 g/mol. The molecule has 18 heavy (non-hydrogen) atoms. The van der Waals surface area contributed by atoms with Gasteiger partial charge in [-0.3, -0.25) is 9.69 Å². The second-order valence-corrected chi connectivity index (χ2v) is 6.26. The molecule has 0 saturated carbocycles. The highest BCUT2D eigenvalue weighted by atomic mass is 127. The van der Waals surface area contributed by atoms with Crippen LogP contribution in [0.2, 0.25) is 0 Å². The van der Waals surface area contributed by atoms with Gasteiger partial charge in [-0.1, -0.05) is 12.1 Å². The largest absolute Gasteiger partial charge is 0.481 e. The SMILES string of the molecule is CC1CCC(C(=O)O)CN1Cc1ccc(I)cc1. The van der Waals surface area contributed by atoms with Crippen LogP contribution < -0.4 is 0 Å². The number of benzene rings is 1. The van der Waals surface area contributed by atoms with E-state index in [1.807, 2.05) is 0 Å². The van der Waals surface area contributed by atoms with Crippen molar-refractivity contribution in [3.8, 4) is 0 Å². The molecule has 2 unspecified atom stereocenters. The summed E-state index contributed by atoms with van der Waals surface area (Å²) in [6.45, 7) is 3.70. The van der Waals surface area contributed by atoms with Crippen LogP contribution in [0, 0.1) is 9.49 Å². The summed E-state index contributed by atoms with van der Waals surface area (Å²) in [5.74, 6) is -0.862. The molecule has 4 heteroatoms. The molecule has 0 aliphatic carbocycles. The Bertz CT molecular complexity index is 418. The summed E-state index contributed by atoms with van der Waals surface area (Å²) in [5, 5.41) is 9.12. The van der Waals surface area contributed by atoms with Crippen molar-refractivity contribution in [3.05, 3.63) is 33.4 Å². The Labute approximate surface area is 121 Å². The number of carbonyl (C=O) groups is 1. The summed E-state index contributed by atoms with van der Waals surface area (Å²) >= 11 is 2.29. The summed E-state index contributed by atoms with van der Waals surface area (Å²) in [7, 11) is 0. The van der Waals surface area contributed by atoms with Crippen molar-refractivity contribution in [2.24, 2.45) is 5.92 Å². The quantitative estimate of drug-likeness (QED) is 0.844. The van der Waals surface area contributed by atoms with Crippen LogP contribution in [0.4, 0.5) is 0 Å². The molecule has 98 valence electrons. The van der Waals surface area contributed by atoms with E-state index < -0.39 is 5.97 Å². The number of aliphatic carboxylic acids is 1. The van der Waals surface area contributed by atoms with Crippen molar-refractivity contribution in [3.63, 3.8) is 0 Å². The number of halogens is 1. The van der Waals surface area contributed by atoms with Crippen LogP contribution in [-0.4, -0.2) is 28.6 Å². The smallest absolute Gasteiger partial charge is 0.307 e. The Morgan fingerprint density at radius 3 is 2.67 bits per heavy atom. The maximum absolute atomic E-state index is 11.1. The van der Waals surface area contributed by atoms with E-state index in [-0.39, 0.29) is 5.92 Å². The topological polar surface area (TPSA) is 40.5 Å². The predicted molar refractivity (Wildman–Crippen MR) is 79.4 cm³/mol. The van der Waals surface area contributed by atoms with Crippen LogP contribution in [0.15, 0.2) is 24.3 Å². The minimum atomic E-state index is -0.658. The number of carboxylic acid groups (broad SMARTS) is 1. The van der Waals surface area contributed by atoms with Gasteiger partial charge in [0, 0.05) is 22.7 Å². The molecule has 0 amide bonds. The average molecular weight is 359 g/mol. The van der Waals surface area contributed by atoms with Crippen molar-refractivity contribution in [1.29, 1.82) is 0 Å². The normalized spacial score (nSPS) is 25.0. The van der Waals surface area contributed by atoms with E-state index in [0.29, 0.717) is 12.6 Å². The fourth-order valence-electron chi connectivity index (χ4n) is 2.43. The molecule has 1 aromatic carbocycles. The van der Waals surface area contributed by atoms with Crippen LogP contribution >= 0.6 is 22.6 Å². The molecule has 0 radical (unpaired) electrons. The fraction of sp³-hybridized carbons (Fsp3) is 0.500. The summed E-state index contributed by atoms with van der Waals surface area (Å²) in [5.41, 5.74) is 1.26. The molecule has 2 rings (SSSR count). The van der Waals surface area contributed by atoms with E-state index in [1.165, 1.54) is 9.13 Å². The molecule has 1 fully saturated rings. The summed E-state index contributed by atoms with van der Waals surface area (Å²) < 4.78 is 1.23. The lowest BCUT2D eigenvalue weighted by Gasteiger charge is -2.36. The van der Waals surface area contributed by atoms with Gasteiger partial charge in [-0.05, 0) is 60.1 Å². The molecule has 0 bridgehead atoms. The highest BCUT2D eigenvalue weighted by Crippen LogP contribution is 2.24. The van der Waals surface area contributed by atoms with Crippen molar-refractivity contribution >= 4 is 28.6 Å². The lowest BCUT2D eigenvalue weighted by Crippen LogP contribution is -2.43. The Balaban J connectivity index is 2.02. The zero-order valence-corrected chi connectivity index (χ0v) is 12.6. The number of carboxylic acids is 1. The Kier molecular flexibility index (Phi) is 4.61. The van der Waals surface area contributed by atoms with Crippen LogP contribution in [0.5, 0.6) is 0 Å². The summed E-state index contributed by atoms with van der Waals surface area (Å²) in [6.07, 6.45) is 1.78. The van der Waals surface area contributed by atoms with Gasteiger partial charge in [-0.2, -0.15) is 0 Å². The third kappa shape index (κ3) is 3.45. The first kappa shape index (κ1) is 13.8. The second kappa shape index (κ2) is 6.02. The maximum Gasteiger partial charge on any atom is 0.307 e. The lowest BCUT2D eigenvalue weighted by atomic mass is 9.93. The van der Waals surface area contributed by atoms with Crippen molar-refractivity contribution in [2.45, 2.75) is 32.4 Å². The van der Waals surface area contributed by atoms with E-state index in [4.69, 9.17) is 5.11 Å². The van der Waals surface area contributed by atoms with Gasteiger partial charge in [0.15, 0.2) is 0 Å². The first-order valence-corrected chi connectivity index (χ1v) is 7.35. The van der Waals surface area contributed by atoms with Crippen LogP contribution in [0.3, 0.4) is 0 Å². The van der Waals surface area contributed by atoms with E-state index in [2.05, 4.69) is 58.7 Å². The average Bonchev–Trinajstić information content (AvgIpc) is 2.34. The van der Waals surface area contributed by atoms with Gasteiger partial charge in [-0.25, -0.2) is 0 Å². The molecule has 1 aliphatic rings. The molecular weight excluding hydrogens is 341 g/mol. The molecule has 1 heterocycles. The molecule has 1 saturated heterocycles. The van der Waals surface area contributed by atoms with Gasteiger partial charge < -0.3 is 5.11 Å². The van der Waals surface area contributed by atoms with Gasteiger partial charge >= 0.3 is 5.97 Å². The third-order valence-corrected chi connectivity index (χ3v) is 4.38. The van der Waals surface area contributed by atoms with Gasteiger partial charge in [0.2, 0.25) is 0 Å². The molecule has 0 spiro atoms. The number of piperidine rings is 1. The fourth-order valence-corrected chi connectivity index (χ4v) is 2.79. The minimum absolute atomic E-state index is 0.204. The first-order valence-electron chi connectivity index (χ1n) is 6.27. The van der Waals surface area contributed by atoms with Gasteiger partial charge in [-0.15, -0.1) is 0 Å². The number of hydrogen-bond acceptors (Lipinski definition) is 2. The van der Waals surface area contributed by atoms with E-state index in [1.54, 1.807) is 0 Å². The molecule has 1 N–H and O–H groups in total. The Morgan fingerprint density at radius 1 is 1.39 bits per heavy atom. The highest BCUT2D eigenvalue weighted by Gasteiger charge is 2.29. The number of nitrogens with zero attached hydrogens (tertiary/aromatic N) is 1. The van der Waals surface area contributed by atoms with Crippen LogP contribution in [0.1, 0.15) is 25.3 Å². The number of rotatable bonds is 3. The maximum atomic E-state index is 11.1. The lowest BCUT2D eigenvalue weighted by molar-refractivity contribution is -0.144. The van der Waals surface area contributed by atoms with Crippen molar-refractivity contribution in [2.75, 3.05) is 6.54 Å². The molecule has 1 aliphatic heterocycles. The number of likely N-dealkylation sites (tertiary alicyclic amines) is 1. The first-order chi connectivity index (χ1) is 8.56. The molecule has 0 aromatic heterocycles. The predicted octanol–water partition coefficient (Wildman–Crippen LogP) is 2.98. The Morgan fingerprint density at radius 2 is 2.06 bits per heavy atom. The van der Waals surface area contributed by atoms with Gasteiger partial charge in [0.1, 0.15) is 0 Å². The van der Waals surface area contributed by atoms with Crippen molar-refractivity contribution in [1.82, 2.24) is 4.90 Å². The molecule has 2 atom stereocenters. The van der Waals surface area contributed by atoms with E-state index in [0.717, 1.165) is 19.4 Å². The zero-order valence-electron chi connectivity index (χ0n) is 10.5. The van der Waals surface area contributed by atoms with Crippen LogP contribution in [0.25, 0.3) is 0 Å². The van der Waals surface area contributed by atoms with Gasteiger partial charge in [0.25, 0.3) is 0 Å². The van der Waals surface area contributed by atoms with Crippen LogP contribution in [-0.2, 0) is 11.3 Å². The third-order valence-electron chi connectivity index (χ3n) is 3.66.